The molecule has 1 heterocycles. The Morgan fingerprint density at radius 1 is 1.07 bits per heavy atom. The molecule has 0 spiro atoms. The van der Waals surface area contributed by atoms with E-state index in [9.17, 15) is 9.90 Å². The molecule has 27 heavy (non-hydrogen) atoms. The van der Waals surface area contributed by atoms with Crippen molar-refractivity contribution in [1.82, 2.24) is 4.90 Å². The summed E-state index contributed by atoms with van der Waals surface area (Å²) in [5.74, 6) is 2.64. The van der Waals surface area contributed by atoms with E-state index in [1.807, 2.05) is 23.9 Å². The van der Waals surface area contributed by atoms with Gasteiger partial charge in [-0.15, -0.1) is 11.8 Å². The molecule has 1 aliphatic heterocycles. The van der Waals surface area contributed by atoms with Crippen LogP contribution in [-0.2, 0) is 0 Å². The first-order valence-corrected chi connectivity index (χ1v) is 10.3. The van der Waals surface area contributed by atoms with Crippen LogP contribution in [0.2, 0.25) is 0 Å². The predicted octanol–water partition coefficient (Wildman–Crippen LogP) is 4.09. The molecule has 0 unspecified atom stereocenters. The Morgan fingerprint density at radius 2 is 1.70 bits per heavy atom. The van der Waals surface area contributed by atoms with Crippen LogP contribution < -0.4 is 4.74 Å². The second-order valence-electron chi connectivity index (χ2n) is 7.57. The number of thioether (sulfide) groups is 1. The van der Waals surface area contributed by atoms with Gasteiger partial charge in [0.05, 0.1) is 13.7 Å². The number of fused-ring (bicyclic) bond motifs is 1. The van der Waals surface area contributed by atoms with E-state index in [-0.39, 0.29) is 11.5 Å². The molecule has 4 nitrogen and oxygen atoms in total. The van der Waals surface area contributed by atoms with Crippen molar-refractivity contribution in [1.29, 1.82) is 0 Å². The third-order valence-electron chi connectivity index (χ3n) is 5.70. The molecule has 2 fully saturated rings. The van der Waals surface area contributed by atoms with E-state index in [0.717, 1.165) is 18.8 Å². The molecule has 0 amide bonds. The lowest BCUT2D eigenvalue weighted by Crippen LogP contribution is -2.29. The normalized spacial score (nSPS) is 24.7. The summed E-state index contributed by atoms with van der Waals surface area (Å²) in [6, 6.07) is 14.9. The van der Waals surface area contributed by atoms with Crippen molar-refractivity contribution in [2.24, 2.45) is 11.8 Å². The number of methoxy groups -OCH3 is 1. The number of likely N-dealkylation sites (tertiary alicyclic amines) is 1. The fourth-order valence-electron chi connectivity index (χ4n) is 4.36. The van der Waals surface area contributed by atoms with Crippen molar-refractivity contribution in [2.75, 3.05) is 26.7 Å². The van der Waals surface area contributed by atoms with E-state index in [1.165, 1.54) is 17.7 Å². The van der Waals surface area contributed by atoms with Crippen LogP contribution in [0, 0.1) is 11.8 Å². The lowest BCUT2D eigenvalue weighted by atomic mass is 10.0. The maximum Gasteiger partial charge on any atom is 0.176 e. The van der Waals surface area contributed by atoms with Crippen molar-refractivity contribution in [2.45, 2.75) is 23.0 Å². The quantitative estimate of drug-likeness (QED) is 0.762. The zero-order valence-corrected chi connectivity index (χ0v) is 16.3. The van der Waals surface area contributed by atoms with Gasteiger partial charge in [-0.05, 0) is 73.2 Å². The number of nitrogens with zero attached hydrogens (tertiary/aromatic N) is 1. The minimum atomic E-state index is 0.138. The number of hydrogen-bond acceptors (Lipinski definition) is 5. The first-order chi connectivity index (χ1) is 13.1. The zero-order valence-electron chi connectivity index (χ0n) is 15.5. The van der Waals surface area contributed by atoms with Gasteiger partial charge in [0.2, 0.25) is 0 Å². The van der Waals surface area contributed by atoms with E-state index in [1.54, 1.807) is 31.4 Å². The highest BCUT2D eigenvalue weighted by atomic mass is 32.2. The summed E-state index contributed by atoms with van der Waals surface area (Å²) in [6.45, 7) is 2.52. The van der Waals surface area contributed by atoms with Crippen LogP contribution in [0.5, 0.6) is 11.5 Å². The minimum absolute atomic E-state index is 0.138. The largest absolute Gasteiger partial charge is 0.508 e. The summed E-state index contributed by atoms with van der Waals surface area (Å²) in [6.07, 6.45) is 2.45. The summed E-state index contributed by atoms with van der Waals surface area (Å²) in [5.41, 5.74) is 0.679. The zero-order chi connectivity index (χ0) is 18.8. The number of phenols is 1. The molecule has 2 aromatic carbocycles. The Labute approximate surface area is 164 Å². The van der Waals surface area contributed by atoms with Crippen molar-refractivity contribution in [3.8, 4) is 11.5 Å². The Morgan fingerprint density at radius 3 is 2.30 bits per heavy atom. The average molecular weight is 384 g/mol. The van der Waals surface area contributed by atoms with Gasteiger partial charge in [0.15, 0.2) is 5.78 Å². The van der Waals surface area contributed by atoms with E-state index in [2.05, 4.69) is 17.0 Å². The van der Waals surface area contributed by atoms with Crippen LogP contribution in [-0.4, -0.2) is 47.8 Å². The van der Waals surface area contributed by atoms with Crippen LogP contribution in [0.25, 0.3) is 0 Å². The van der Waals surface area contributed by atoms with E-state index in [0.29, 0.717) is 29.2 Å². The van der Waals surface area contributed by atoms with Gasteiger partial charge in [-0.1, -0.05) is 0 Å². The van der Waals surface area contributed by atoms with Crippen LogP contribution in [0.4, 0.5) is 0 Å². The molecule has 1 N–H and O–H groups in total. The molecule has 1 aliphatic carbocycles. The molecule has 2 aliphatic rings. The Balaban J connectivity index is 1.27. The first kappa shape index (κ1) is 18.4. The van der Waals surface area contributed by atoms with Gasteiger partial charge in [0.1, 0.15) is 11.5 Å². The van der Waals surface area contributed by atoms with Crippen molar-refractivity contribution in [3.05, 3.63) is 54.1 Å². The van der Waals surface area contributed by atoms with Gasteiger partial charge >= 0.3 is 0 Å². The highest BCUT2D eigenvalue weighted by Crippen LogP contribution is 2.45. The van der Waals surface area contributed by atoms with Crippen LogP contribution in [0.3, 0.4) is 0 Å². The van der Waals surface area contributed by atoms with Crippen LogP contribution in [0.1, 0.15) is 23.2 Å². The molecule has 3 atom stereocenters. The SMILES string of the molecule is COc1ccc(S[C@@H]2C[C@@H]3CN(CC(=O)c4ccc(O)cc4)C[C@@H]3C2)cc1. The van der Waals surface area contributed by atoms with E-state index >= 15 is 0 Å². The van der Waals surface area contributed by atoms with E-state index in [4.69, 9.17) is 4.74 Å². The lowest BCUT2D eigenvalue weighted by molar-refractivity contribution is 0.0941. The van der Waals surface area contributed by atoms with Crippen LogP contribution >= 0.6 is 11.8 Å². The molecule has 1 saturated heterocycles. The van der Waals surface area contributed by atoms with Gasteiger partial charge in [-0.3, -0.25) is 9.69 Å². The maximum atomic E-state index is 12.5. The maximum absolute atomic E-state index is 12.5. The predicted molar refractivity (Wildman–Crippen MR) is 108 cm³/mol. The number of carbonyl (C=O) groups is 1. The molecule has 0 radical (unpaired) electrons. The van der Waals surface area contributed by atoms with Gasteiger partial charge < -0.3 is 9.84 Å². The molecular weight excluding hydrogens is 358 g/mol. The molecule has 2 aromatic rings. The van der Waals surface area contributed by atoms with Crippen molar-refractivity contribution in [3.63, 3.8) is 0 Å². The smallest absolute Gasteiger partial charge is 0.176 e. The number of ether oxygens (including phenoxy) is 1. The topological polar surface area (TPSA) is 49.8 Å². The first-order valence-electron chi connectivity index (χ1n) is 9.46. The Bertz CT molecular complexity index is 776. The molecule has 1 saturated carbocycles. The number of Topliss-reactive ketones (excluding diaryl/α,β-unsaturated/α-hetero) is 1. The third kappa shape index (κ3) is 4.30. The second-order valence-corrected chi connectivity index (χ2v) is 8.94. The Kier molecular flexibility index (Phi) is 5.41. The minimum Gasteiger partial charge on any atom is -0.508 e. The molecular formula is C22H25NO3S. The van der Waals surface area contributed by atoms with Crippen LogP contribution in [0.15, 0.2) is 53.4 Å². The number of carbonyl (C=O) groups excluding carboxylic acids is 1. The number of hydrogen-bond donors (Lipinski definition) is 1. The monoisotopic (exact) mass is 383 g/mol. The summed E-state index contributed by atoms with van der Waals surface area (Å²) >= 11 is 1.98. The number of benzene rings is 2. The summed E-state index contributed by atoms with van der Waals surface area (Å²) in [4.78, 5) is 16.1. The second kappa shape index (κ2) is 7.95. The molecule has 142 valence electrons. The summed E-state index contributed by atoms with van der Waals surface area (Å²) in [5, 5.41) is 10.0. The number of rotatable bonds is 6. The molecule has 4 rings (SSSR count). The van der Waals surface area contributed by atoms with Gasteiger partial charge in [0.25, 0.3) is 0 Å². The average Bonchev–Trinajstić information content (AvgIpc) is 3.20. The third-order valence-corrected chi connectivity index (χ3v) is 6.96. The molecule has 0 bridgehead atoms. The van der Waals surface area contributed by atoms with Gasteiger partial charge in [-0.2, -0.15) is 0 Å². The highest BCUT2D eigenvalue weighted by molar-refractivity contribution is 8.00. The fraction of sp³-hybridized carbons (Fsp3) is 0.409. The van der Waals surface area contributed by atoms with Gasteiger partial charge in [0, 0.05) is 28.8 Å². The van der Waals surface area contributed by atoms with Crippen molar-refractivity contribution >= 4 is 17.5 Å². The summed E-state index contributed by atoms with van der Waals surface area (Å²) in [7, 11) is 1.69. The lowest BCUT2D eigenvalue weighted by Gasteiger charge is -2.18. The highest BCUT2D eigenvalue weighted by Gasteiger charge is 2.41. The van der Waals surface area contributed by atoms with Gasteiger partial charge in [-0.25, -0.2) is 0 Å². The Hall–Kier alpha value is -1.98. The number of phenolic OH excluding ortho intramolecular Hbond substituents is 1. The van der Waals surface area contributed by atoms with E-state index < -0.39 is 0 Å². The number of ketones is 1. The fourth-order valence-corrected chi connectivity index (χ4v) is 5.72. The van der Waals surface area contributed by atoms with Crippen molar-refractivity contribution < 1.29 is 14.6 Å². The molecule has 0 aromatic heterocycles. The molecule has 5 heteroatoms. The number of aromatic hydroxyl groups is 1. The summed E-state index contributed by atoms with van der Waals surface area (Å²) < 4.78 is 5.23. The standard InChI is InChI=1S/C22H25NO3S/c1-26-19-6-8-20(9-7-19)27-21-10-16-12-23(13-17(16)11-21)14-22(25)15-2-4-18(24)5-3-15/h2-9,16-17,21,24H,10-14H2,1H3/t16-,17+,21-.